The van der Waals surface area contributed by atoms with Crippen molar-refractivity contribution < 1.29 is 4.74 Å². The summed E-state index contributed by atoms with van der Waals surface area (Å²) in [4.78, 5) is 0. The molecule has 12 heavy (non-hydrogen) atoms. The number of methoxy groups -OCH3 is 1. The van der Waals surface area contributed by atoms with Gasteiger partial charge in [-0.2, -0.15) is 0 Å². The van der Waals surface area contributed by atoms with Crippen molar-refractivity contribution >= 4 is 11.6 Å². The third-order valence-corrected chi connectivity index (χ3v) is 2.65. The van der Waals surface area contributed by atoms with Crippen LogP contribution in [0.2, 0.25) is 0 Å². The monoisotopic (exact) mass is 190 g/mol. The van der Waals surface area contributed by atoms with E-state index in [1.807, 2.05) is 6.08 Å². The minimum absolute atomic E-state index is 0.555. The molecule has 0 aliphatic heterocycles. The van der Waals surface area contributed by atoms with Crippen LogP contribution in [0.1, 0.15) is 19.8 Å². The molecule has 2 unspecified atom stereocenters. The molecule has 0 amide bonds. The molecule has 0 bridgehead atoms. The van der Waals surface area contributed by atoms with Gasteiger partial charge in [-0.15, -0.1) is 18.2 Å². The zero-order chi connectivity index (χ0) is 9.40. The maximum absolute atomic E-state index is 5.83. The minimum atomic E-state index is 0.555. The fraction of sp³-hybridized carbons (Fsp3) is 0.800. The molecule has 0 saturated carbocycles. The first kappa shape index (κ1) is 12.0. The highest BCUT2D eigenvalue weighted by atomic mass is 35.5. The molecule has 0 N–H and O–H groups in total. The maximum Gasteiger partial charge on any atom is 0.0464 e. The third-order valence-electron chi connectivity index (χ3n) is 2.25. The predicted octanol–water partition coefficient (Wildman–Crippen LogP) is 3.09. The van der Waals surface area contributed by atoms with Crippen LogP contribution < -0.4 is 0 Å². The van der Waals surface area contributed by atoms with E-state index in [4.69, 9.17) is 16.3 Å². The Morgan fingerprint density at radius 1 is 1.58 bits per heavy atom. The summed E-state index contributed by atoms with van der Waals surface area (Å²) in [5.41, 5.74) is 0. The molecule has 0 radical (unpaired) electrons. The number of hydrogen-bond donors (Lipinski definition) is 0. The summed E-state index contributed by atoms with van der Waals surface area (Å²) in [5, 5.41) is 0. The highest BCUT2D eigenvalue weighted by Crippen LogP contribution is 2.20. The van der Waals surface area contributed by atoms with Gasteiger partial charge in [0.2, 0.25) is 0 Å². The van der Waals surface area contributed by atoms with Crippen LogP contribution in [0.4, 0.5) is 0 Å². The van der Waals surface area contributed by atoms with E-state index >= 15 is 0 Å². The van der Waals surface area contributed by atoms with Crippen LogP contribution in [0.3, 0.4) is 0 Å². The van der Waals surface area contributed by atoms with Crippen LogP contribution in [-0.2, 0) is 4.74 Å². The largest absolute Gasteiger partial charge is 0.385 e. The van der Waals surface area contributed by atoms with Crippen LogP contribution in [-0.4, -0.2) is 19.6 Å². The van der Waals surface area contributed by atoms with Crippen molar-refractivity contribution in [2.24, 2.45) is 11.8 Å². The summed E-state index contributed by atoms with van der Waals surface area (Å²) >= 11 is 5.83. The average Bonchev–Trinajstić information content (AvgIpc) is 2.10. The molecule has 2 atom stereocenters. The van der Waals surface area contributed by atoms with E-state index in [0.29, 0.717) is 11.8 Å². The summed E-state index contributed by atoms with van der Waals surface area (Å²) in [5.74, 6) is 1.90. The summed E-state index contributed by atoms with van der Waals surface area (Å²) in [7, 11) is 1.73. The quantitative estimate of drug-likeness (QED) is 0.443. The molecular weight excluding hydrogens is 172 g/mol. The molecular formula is C10H19ClO. The first-order valence-electron chi connectivity index (χ1n) is 4.42. The van der Waals surface area contributed by atoms with Gasteiger partial charge in [0.25, 0.3) is 0 Å². The number of ether oxygens (including phenoxy) is 1. The lowest BCUT2D eigenvalue weighted by atomic mass is 9.90. The Balaban J connectivity index is 3.67. The number of halogens is 1. The Hall–Kier alpha value is -0.0100. The Kier molecular flexibility index (Phi) is 7.62. The fourth-order valence-corrected chi connectivity index (χ4v) is 1.63. The Bertz CT molecular complexity index is 114. The molecule has 0 rings (SSSR count). The molecule has 0 aromatic heterocycles. The van der Waals surface area contributed by atoms with Gasteiger partial charge in [-0.25, -0.2) is 0 Å². The molecule has 0 spiro atoms. The first-order chi connectivity index (χ1) is 5.76. The summed E-state index contributed by atoms with van der Waals surface area (Å²) in [6.45, 7) is 6.76. The SMILES string of the molecule is C=CCC(CCl)C(C)CCOC. The fourth-order valence-electron chi connectivity index (χ4n) is 1.20. The first-order valence-corrected chi connectivity index (χ1v) is 4.95. The lowest BCUT2D eigenvalue weighted by Gasteiger charge is -2.19. The molecule has 0 saturated heterocycles. The van der Waals surface area contributed by atoms with Crippen molar-refractivity contribution in [2.75, 3.05) is 19.6 Å². The van der Waals surface area contributed by atoms with Crippen molar-refractivity contribution in [3.8, 4) is 0 Å². The number of rotatable bonds is 7. The van der Waals surface area contributed by atoms with Crippen LogP contribution in [0, 0.1) is 11.8 Å². The van der Waals surface area contributed by atoms with Gasteiger partial charge < -0.3 is 4.74 Å². The van der Waals surface area contributed by atoms with Crippen molar-refractivity contribution in [3.05, 3.63) is 12.7 Å². The maximum atomic E-state index is 5.83. The lowest BCUT2D eigenvalue weighted by molar-refractivity contribution is 0.168. The molecule has 0 aromatic carbocycles. The van der Waals surface area contributed by atoms with E-state index < -0.39 is 0 Å². The van der Waals surface area contributed by atoms with Gasteiger partial charge in [-0.1, -0.05) is 13.0 Å². The van der Waals surface area contributed by atoms with Crippen LogP contribution in [0.25, 0.3) is 0 Å². The van der Waals surface area contributed by atoms with Gasteiger partial charge in [-0.3, -0.25) is 0 Å². The highest BCUT2D eigenvalue weighted by molar-refractivity contribution is 6.18. The second-order valence-corrected chi connectivity index (χ2v) is 3.51. The van der Waals surface area contributed by atoms with Crippen molar-refractivity contribution in [1.82, 2.24) is 0 Å². The summed E-state index contributed by atoms with van der Waals surface area (Å²) in [6, 6.07) is 0. The van der Waals surface area contributed by atoms with Gasteiger partial charge in [-0.05, 0) is 24.7 Å². The molecule has 1 nitrogen and oxygen atoms in total. The van der Waals surface area contributed by atoms with Crippen molar-refractivity contribution in [3.63, 3.8) is 0 Å². The molecule has 72 valence electrons. The van der Waals surface area contributed by atoms with Gasteiger partial charge >= 0.3 is 0 Å². The average molecular weight is 191 g/mol. The van der Waals surface area contributed by atoms with E-state index in [9.17, 15) is 0 Å². The van der Waals surface area contributed by atoms with Crippen LogP contribution >= 0.6 is 11.6 Å². The van der Waals surface area contributed by atoms with Gasteiger partial charge in [0.1, 0.15) is 0 Å². The molecule has 2 heteroatoms. The predicted molar refractivity (Wildman–Crippen MR) is 54.7 cm³/mol. The lowest BCUT2D eigenvalue weighted by Crippen LogP contribution is -2.14. The number of hydrogen-bond acceptors (Lipinski definition) is 1. The Labute approximate surface area is 80.8 Å². The van der Waals surface area contributed by atoms with Gasteiger partial charge in [0, 0.05) is 19.6 Å². The van der Waals surface area contributed by atoms with E-state index in [1.165, 1.54) is 0 Å². The van der Waals surface area contributed by atoms with Gasteiger partial charge in [0.05, 0.1) is 0 Å². The third kappa shape index (κ3) is 4.78. The van der Waals surface area contributed by atoms with Crippen LogP contribution in [0.15, 0.2) is 12.7 Å². The number of alkyl halides is 1. The molecule has 0 fully saturated rings. The van der Waals surface area contributed by atoms with Crippen molar-refractivity contribution in [1.29, 1.82) is 0 Å². The van der Waals surface area contributed by atoms with Crippen molar-refractivity contribution in [2.45, 2.75) is 19.8 Å². The van der Waals surface area contributed by atoms with E-state index in [1.54, 1.807) is 7.11 Å². The zero-order valence-corrected chi connectivity index (χ0v) is 8.81. The van der Waals surface area contributed by atoms with E-state index in [-0.39, 0.29) is 0 Å². The van der Waals surface area contributed by atoms with E-state index in [0.717, 1.165) is 25.3 Å². The Morgan fingerprint density at radius 3 is 2.67 bits per heavy atom. The second-order valence-electron chi connectivity index (χ2n) is 3.20. The van der Waals surface area contributed by atoms with Gasteiger partial charge in [0.15, 0.2) is 0 Å². The molecule has 0 aliphatic rings. The standard InChI is InChI=1S/C10H19ClO/c1-4-5-10(8-11)9(2)6-7-12-3/h4,9-10H,1,5-8H2,2-3H3. The normalized spacial score (nSPS) is 15.6. The zero-order valence-electron chi connectivity index (χ0n) is 8.05. The van der Waals surface area contributed by atoms with E-state index in [2.05, 4.69) is 13.5 Å². The molecule has 0 aromatic rings. The summed E-state index contributed by atoms with van der Waals surface area (Å²) < 4.78 is 5.02. The Morgan fingerprint density at radius 2 is 2.25 bits per heavy atom. The topological polar surface area (TPSA) is 9.23 Å². The summed E-state index contributed by atoms with van der Waals surface area (Å²) in [6.07, 6.45) is 4.03. The number of allylic oxidation sites excluding steroid dienone is 1. The highest BCUT2D eigenvalue weighted by Gasteiger charge is 2.13. The second kappa shape index (κ2) is 7.63. The smallest absolute Gasteiger partial charge is 0.0464 e. The molecule has 0 heterocycles. The minimum Gasteiger partial charge on any atom is -0.385 e. The molecule has 0 aliphatic carbocycles. The van der Waals surface area contributed by atoms with Crippen LogP contribution in [0.5, 0.6) is 0 Å².